The fourth-order valence-electron chi connectivity index (χ4n) is 3.72. The second-order valence-corrected chi connectivity index (χ2v) is 6.83. The molecule has 1 N–H and O–H groups in total. The van der Waals surface area contributed by atoms with Gasteiger partial charge in [0.05, 0.1) is 12.6 Å². The van der Waals surface area contributed by atoms with E-state index in [1.165, 1.54) is 5.56 Å². The van der Waals surface area contributed by atoms with Crippen LogP contribution in [0, 0.1) is 0 Å². The second-order valence-electron chi connectivity index (χ2n) is 6.83. The number of nitrogens with one attached hydrogen (secondary N) is 1. The molecule has 2 amide bonds. The Hall–Kier alpha value is -2.41. The van der Waals surface area contributed by atoms with E-state index in [0.717, 1.165) is 50.7 Å². The number of carbonyl (C=O) groups excluding carboxylic acids is 1. The smallest absolute Gasteiger partial charge is 0.318 e. The average Bonchev–Trinajstić information content (AvgIpc) is 3.24. The van der Waals surface area contributed by atoms with Crippen LogP contribution >= 0.6 is 0 Å². The number of aromatic nitrogens is 3. The summed E-state index contributed by atoms with van der Waals surface area (Å²) in [5.74, 6) is 1.89. The molecular weight excluding hydrogens is 316 g/mol. The fraction of sp³-hybridized carbons (Fsp3) is 0.500. The van der Waals surface area contributed by atoms with E-state index in [1.54, 1.807) is 0 Å². The molecule has 132 valence electrons. The molecule has 7 heteroatoms. The van der Waals surface area contributed by atoms with Crippen LogP contribution in [0.3, 0.4) is 0 Å². The SMILES string of the molecule is CN1CCN(C(=O)NCc2nnc3n2CCC3)[C@@H](c2ccccc2)C1. The molecule has 1 atom stereocenters. The van der Waals surface area contributed by atoms with E-state index >= 15 is 0 Å². The van der Waals surface area contributed by atoms with Gasteiger partial charge in [0.25, 0.3) is 0 Å². The van der Waals surface area contributed by atoms with E-state index in [-0.39, 0.29) is 12.1 Å². The quantitative estimate of drug-likeness (QED) is 0.918. The van der Waals surface area contributed by atoms with E-state index < -0.39 is 0 Å². The summed E-state index contributed by atoms with van der Waals surface area (Å²) in [4.78, 5) is 17.0. The highest BCUT2D eigenvalue weighted by atomic mass is 16.2. The summed E-state index contributed by atoms with van der Waals surface area (Å²) in [6.07, 6.45) is 2.09. The zero-order chi connectivity index (χ0) is 17.2. The summed E-state index contributed by atoms with van der Waals surface area (Å²) >= 11 is 0. The lowest BCUT2D eigenvalue weighted by Gasteiger charge is -2.40. The van der Waals surface area contributed by atoms with E-state index in [4.69, 9.17) is 0 Å². The third-order valence-electron chi connectivity index (χ3n) is 5.11. The van der Waals surface area contributed by atoms with Gasteiger partial charge >= 0.3 is 6.03 Å². The molecule has 0 saturated carbocycles. The van der Waals surface area contributed by atoms with Crippen LogP contribution in [0.4, 0.5) is 4.79 Å². The van der Waals surface area contributed by atoms with Crippen molar-refractivity contribution < 1.29 is 4.79 Å². The van der Waals surface area contributed by atoms with Crippen molar-refractivity contribution in [2.45, 2.75) is 32.0 Å². The van der Waals surface area contributed by atoms with E-state index in [1.807, 2.05) is 23.1 Å². The molecule has 0 bridgehead atoms. The van der Waals surface area contributed by atoms with Crippen molar-refractivity contribution in [1.29, 1.82) is 0 Å². The summed E-state index contributed by atoms with van der Waals surface area (Å²) in [6, 6.07) is 10.3. The molecule has 1 aromatic heterocycles. The van der Waals surface area contributed by atoms with Gasteiger partial charge in [0, 0.05) is 32.6 Å². The normalized spacial score (nSPS) is 20.5. The molecular formula is C18H24N6O. The van der Waals surface area contributed by atoms with Gasteiger partial charge in [0.2, 0.25) is 0 Å². The first-order valence-electron chi connectivity index (χ1n) is 8.91. The zero-order valence-electron chi connectivity index (χ0n) is 14.6. The molecule has 0 radical (unpaired) electrons. The maximum Gasteiger partial charge on any atom is 0.318 e. The highest BCUT2D eigenvalue weighted by Gasteiger charge is 2.30. The van der Waals surface area contributed by atoms with Gasteiger partial charge in [-0.15, -0.1) is 10.2 Å². The molecule has 25 heavy (non-hydrogen) atoms. The number of amides is 2. The summed E-state index contributed by atoms with van der Waals surface area (Å²) in [7, 11) is 2.10. The number of carbonyl (C=O) groups is 1. The molecule has 2 aliphatic rings. The van der Waals surface area contributed by atoms with Gasteiger partial charge in [0.1, 0.15) is 5.82 Å². The van der Waals surface area contributed by atoms with Gasteiger partial charge in [0.15, 0.2) is 5.82 Å². The molecule has 2 aliphatic heterocycles. The number of hydrogen-bond donors (Lipinski definition) is 1. The minimum absolute atomic E-state index is 0.0303. The summed E-state index contributed by atoms with van der Waals surface area (Å²) in [6.45, 7) is 3.84. The van der Waals surface area contributed by atoms with Crippen molar-refractivity contribution in [3.05, 3.63) is 47.5 Å². The van der Waals surface area contributed by atoms with E-state index in [2.05, 4.69) is 44.2 Å². The van der Waals surface area contributed by atoms with Gasteiger partial charge in [-0.1, -0.05) is 30.3 Å². The Bertz CT molecular complexity index is 743. The van der Waals surface area contributed by atoms with Gasteiger partial charge in [-0.3, -0.25) is 0 Å². The van der Waals surface area contributed by atoms with Crippen LogP contribution in [0.5, 0.6) is 0 Å². The topological polar surface area (TPSA) is 66.3 Å². The number of fused-ring (bicyclic) bond motifs is 1. The largest absolute Gasteiger partial charge is 0.331 e. The molecule has 1 aromatic carbocycles. The predicted molar refractivity (Wildman–Crippen MR) is 94.0 cm³/mol. The molecule has 0 aliphatic carbocycles. The first-order valence-corrected chi connectivity index (χ1v) is 8.91. The Morgan fingerprint density at radius 1 is 1.20 bits per heavy atom. The Morgan fingerprint density at radius 3 is 2.88 bits per heavy atom. The van der Waals surface area contributed by atoms with Gasteiger partial charge < -0.3 is 19.7 Å². The van der Waals surface area contributed by atoms with Gasteiger partial charge in [-0.2, -0.15) is 0 Å². The third-order valence-corrected chi connectivity index (χ3v) is 5.11. The fourth-order valence-corrected chi connectivity index (χ4v) is 3.72. The van der Waals surface area contributed by atoms with Gasteiger partial charge in [-0.25, -0.2) is 4.79 Å². The second kappa shape index (κ2) is 6.84. The molecule has 1 fully saturated rings. The Morgan fingerprint density at radius 2 is 2.04 bits per heavy atom. The molecule has 2 aromatic rings. The number of aryl methyl sites for hydroxylation is 1. The molecule has 7 nitrogen and oxygen atoms in total. The van der Waals surface area contributed by atoms with Crippen LogP contribution in [0.25, 0.3) is 0 Å². The molecule has 3 heterocycles. The van der Waals surface area contributed by atoms with Gasteiger partial charge in [-0.05, 0) is 19.0 Å². The minimum Gasteiger partial charge on any atom is -0.331 e. The number of likely N-dealkylation sites (N-methyl/N-ethyl adjacent to an activating group) is 1. The number of hydrogen-bond acceptors (Lipinski definition) is 4. The predicted octanol–water partition coefficient (Wildman–Crippen LogP) is 1.42. The van der Waals surface area contributed by atoms with E-state index in [0.29, 0.717) is 6.54 Å². The summed E-state index contributed by atoms with van der Waals surface area (Å²) in [5.41, 5.74) is 1.17. The monoisotopic (exact) mass is 340 g/mol. The standard InChI is InChI=1S/C18H24N6O/c1-22-10-11-23(15(13-22)14-6-3-2-4-7-14)18(25)19-12-17-21-20-16-8-5-9-24(16)17/h2-4,6-7,15H,5,8-13H2,1H3,(H,19,25)/t15-/m1/s1. The van der Waals surface area contributed by atoms with Crippen LogP contribution in [0.15, 0.2) is 30.3 Å². The van der Waals surface area contributed by atoms with Crippen molar-refractivity contribution in [3.8, 4) is 0 Å². The van der Waals surface area contributed by atoms with Crippen molar-refractivity contribution in [2.75, 3.05) is 26.7 Å². The lowest BCUT2D eigenvalue weighted by Crippen LogP contribution is -2.52. The highest BCUT2D eigenvalue weighted by Crippen LogP contribution is 2.25. The first-order chi connectivity index (χ1) is 12.2. The van der Waals surface area contributed by atoms with Crippen LogP contribution in [0.1, 0.15) is 29.7 Å². The number of nitrogens with zero attached hydrogens (tertiary/aromatic N) is 5. The molecule has 0 unspecified atom stereocenters. The Labute approximate surface area is 147 Å². The number of rotatable bonds is 3. The van der Waals surface area contributed by atoms with Crippen molar-refractivity contribution in [1.82, 2.24) is 29.9 Å². The van der Waals surface area contributed by atoms with Crippen molar-refractivity contribution in [2.24, 2.45) is 0 Å². The Kier molecular flexibility index (Phi) is 4.40. The minimum atomic E-state index is -0.0303. The number of urea groups is 1. The lowest BCUT2D eigenvalue weighted by molar-refractivity contribution is 0.108. The summed E-state index contributed by atoms with van der Waals surface area (Å²) < 4.78 is 2.12. The van der Waals surface area contributed by atoms with Crippen molar-refractivity contribution in [3.63, 3.8) is 0 Å². The highest BCUT2D eigenvalue weighted by molar-refractivity contribution is 5.75. The van der Waals surface area contributed by atoms with E-state index in [9.17, 15) is 4.79 Å². The number of benzene rings is 1. The molecule has 1 saturated heterocycles. The lowest BCUT2D eigenvalue weighted by atomic mass is 10.0. The van der Waals surface area contributed by atoms with Crippen molar-refractivity contribution >= 4 is 6.03 Å². The third kappa shape index (κ3) is 3.24. The maximum absolute atomic E-state index is 12.8. The summed E-state index contributed by atoms with van der Waals surface area (Å²) in [5, 5.41) is 11.5. The molecule has 0 spiro atoms. The molecule has 4 rings (SSSR count). The van der Waals surface area contributed by atoms with Crippen LogP contribution < -0.4 is 5.32 Å². The first kappa shape index (κ1) is 16.1. The average molecular weight is 340 g/mol. The maximum atomic E-state index is 12.8. The van der Waals surface area contributed by atoms with Crippen LogP contribution in [-0.4, -0.2) is 57.3 Å². The Balaban J connectivity index is 1.45. The zero-order valence-corrected chi connectivity index (χ0v) is 14.6. The van der Waals surface area contributed by atoms with Crippen LogP contribution in [0.2, 0.25) is 0 Å². The van der Waals surface area contributed by atoms with Crippen LogP contribution in [-0.2, 0) is 19.5 Å². The number of piperazine rings is 1.